The predicted molar refractivity (Wildman–Crippen MR) is 77.2 cm³/mol. The van der Waals surface area contributed by atoms with E-state index in [0.717, 1.165) is 25.7 Å². The van der Waals surface area contributed by atoms with Gasteiger partial charge in [0.05, 0.1) is 5.41 Å². The average molecular weight is 284 g/mol. The van der Waals surface area contributed by atoms with Crippen molar-refractivity contribution in [3.8, 4) is 0 Å². The maximum Gasteiger partial charge on any atom is 0.344 e. The summed E-state index contributed by atoms with van der Waals surface area (Å²) in [5.74, 6) is -0.299. The number of esters is 2. The lowest BCUT2D eigenvalue weighted by atomic mass is 9.91. The Morgan fingerprint density at radius 3 is 2.00 bits per heavy atom. The van der Waals surface area contributed by atoms with Crippen molar-refractivity contribution in [2.75, 3.05) is 6.61 Å². The van der Waals surface area contributed by atoms with Crippen LogP contribution >= 0.6 is 0 Å². The highest BCUT2D eigenvalue weighted by Crippen LogP contribution is 2.45. The maximum absolute atomic E-state index is 11.9. The van der Waals surface area contributed by atoms with Gasteiger partial charge in [0.1, 0.15) is 5.60 Å². The number of carbonyl (C=O) groups is 2. The van der Waals surface area contributed by atoms with Crippen LogP contribution in [0.15, 0.2) is 0 Å². The number of hydrogen-bond donors (Lipinski definition) is 0. The highest BCUT2D eigenvalue weighted by atomic mass is 16.6. The Hall–Kier alpha value is -1.06. The van der Waals surface area contributed by atoms with Crippen molar-refractivity contribution in [3.05, 3.63) is 0 Å². The van der Waals surface area contributed by atoms with Crippen LogP contribution in [0.2, 0.25) is 0 Å². The zero-order valence-electron chi connectivity index (χ0n) is 13.5. The highest BCUT2D eigenvalue weighted by molar-refractivity contribution is 5.79. The Labute approximate surface area is 122 Å². The van der Waals surface area contributed by atoms with Crippen LogP contribution in [-0.2, 0) is 19.1 Å². The van der Waals surface area contributed by atoms with Crippen LogP contribution in [0.25, 0.3) is 0 Å². The molecule has 0 saturated heterocycles. The summed E-state index contributed by atoms with van der Waals surface area (Å²) in [7, 11) is 0. The standard InChI is InChI=1S/C16H28O4/c1-6-15(4,5)14(18)19-11-13(17)20-16(7-2,8-3)12-9-10-12/h12H,6-11H2,1-5H3. The summed E-state index contributed by atoms with van der Waals surface area (Å²) in [5, 5.41) is 0. The normalized spacial score (nSPS) is 15.8. The Morgan fingerprint density at radius 1 is 1.05 bits per heavy atom. The Morgan fingerprint density at radius 2 is 1.60 bits per heavy atom. The second-order valence-electron chi connectivity index (χ2n) is 6.33. The van der Waals surface area contributed by atoms with Crippen molar-refractivity contribution in [1.29, 1.82) is 0 Å². The molecule has 4 nitrogen and oxygen atoms in total. The molecule has 1 saturated carbocycles. The topological polar surface area (TPSA) is 52.6 Å². The average Bonchev–Trinajstić information content (AvgIpc) is 3.27. The van der Waals surface area contributed by atoms with Gasteiger partial charge in [-0.1, -0.05) is 20.8 Å². The minimum atomic E-state index is -0.552. The van der Waals surface area contributed by atoms with E-state index in [1.54, 1.807) is 0 Å². The fourth-order valence-corrected chi connectivity index (χ4v) is 2.38. The molecule has 0 unspecified atom stereocenters. The number of carbonyl (C=O) groups excluding carboxylic acids is 2. The molecule has 1 rings (SSSR count). The third-order valence-electron chi connectivity index (χ3n) is 4.59. The fourth-order valence-electron chi connectivity index (χ4n) is 2.38. The summed E-state index contributed by atoms with van der Waals surface area (Å²) >= 11 is 0. The molecule has 0 spiro atoms. The zero-order valence-corrected chi connectivity index (χ0v) is 13.5. The molecular formula is C16H28O4. The van der Waals surface area contributed by atoms with Gasteiger partial charge in [-0.15, -0.1) is 0 Å². The van der Waals surface area contributed by atoms with E-state index >= 15 is 0 Å². The first-order valence-electron chi connectivity index (χ1n) is 7.70. The van der Waals surface area contributed by atoms with Crippen LogP contribution < -0.4 is 0 Å². The first kappa shape index (κ1) is 17.0. The second-order valence-corrected chi connectivity index (χ2v) is 6.33. The molecule has 116 valence electrons. The van der Waals surface area contributed by atoms with Crippen LogP contribution in [0.5, 0.6) is 0 Å². The van der Waals surface area contributed by atoms with Crippen molar-refractivity contribution in [1.82, 2.24) is 0 Å². The van der Waals surface area contributed by atoms with Gasteiger partial charge >= 0.3 is 11.9 Å². The SMILES string of the molecule is CCC(C)(C)C(=O)OCC(=O)OC(CC)(CC)C1CC1. The van der Waals surface area contributed by atoms with Gasteiger partial charge in [0.15, 0.2) is 6.61 Å². The molecule has 20 heavy (non-hydrogen) atoms. The maximum atomic E-state index is 11.9. The van der Waals surface area contributed by atoms with E-state index in [-0.39, 0.29) is 18.2 Å². The lowest BCUT2D eigenvalue weighted by Gasteiger charge is -2.32. The van der Waals surface area contributed by atoms with Gasteiger partial charge in [-0.25, -0.2) is 4.79 Å². The number of hydrogen-bond acceptors (Lipinski definition) is 4. The second kappa shape index (κ2) is 6.59. The molecule has 0 aliphatic heterocycles. The quantitative estimate of drug-likeness (QED) is 0.640. The summed E-state index contributed by atoms with van der Waals surface area (Å²) in [6, 6.07) is 0. The Kier molecular flexibility index (Phi) is 5.60. The van der Waals surface area contributed by atoms with E-state index in [4.69, 9.17) is 9.47 Å². The minimum Gasteiger partial charge on any atom is -0.456 e. The predicted octanol–water partition coefficient (Wildman–Crippen LogP) is 3.48. The molecule has 0 radical (unpaired) electrons. The summed E-state index contributed by atoms with van der Waals surface area (Å²) in [6.07, 6.45) is 4.55. The lowest BCUT2D eigenvalue weighted by molar-refractivity contribution is -0.176. The number of ether oxygens (including phenoxy) is 2. The van der Waals surface area contributed by atoms with E-state index < -0.39 is 11.4 Å². The van der Waals surface area contributed by atoms with E-state index in [0.29, 0.717) is 12.3 Å². The lowest BCUT2D eigenvalue weighted by Crippen LogP contribution is -2.38. The van der Waals surface area contributed by atoms with Gasteiger partial charge in [-0.2, -0.15) is 0 Å². The third kappa shape index (κ3) is 3.97. The van der Waals surface area contributed by atoms with Crippen molar-refractivity contribution in [2.24, 2.45) is 11.3 Å². The van der Waals surface area contributed by atoms with E-state index in [9.17, 15) is 9.59 Å². The van der Waals surface area contributed by atoms with Crippen molar-refractivity contribution >= 4 is 11.9 Å². The van der Waals surface area contributed by atoms with E-state index in [1.165, 1.54) is 0 Å². The number of rotatable bonds is 8. The van der Waals surface area contributed by atoms with Crippen molar-refractivity contribution in [2.45, 2.75) is 72.3 Å². The smallest absolute Gasteiger partial charge is 0.344 e. The molecule has 0 bridgehead atoms. The molecule has 0 aromatic rings. The zero-order chi connectivity index (χ0) is 15.4. The van der Waals surface area contributed by atoms with Crippen LogP contribution in [0.1, 0.15) is 66.7 Å². The Bertz CT molecular complexity index is 351. The van der Waals surface area contributed by atoms with Crippen LogP contribution in [0.3, 0.4) is 0 Å². The van der Waals surface area contributed by atoms with Crippen LogP contribution in [-0.4, -0.2) is 24.1 Å². The molecule has 0 aromatic carbocycles. The summed E-state index contributed by atoms with van der Waals surface area (Å²) in [4.78, 5) is 23.8. The highest BCUT2D eigenvalue weighted by Gasteiger charge is 2.45. The van der Waals surface area contributed by atoms with Gasteiger partial charge in [0.2, 0.25) is 0 Å². The summed E-state index contributed by atoms with van der Waals surface area (Å²) in [5.41, 5.74) is -0.910. The van der Waals surface area contributed by atoms with Crippen molar-refractivity contribution in [3.63, 3.8) is 0 Å². The van der Waals surface area contributed by atoms with Gasteiger partial charge in [-0.3, -0.25) is 4.79 Å². The van der Waals surface area contributed by atoms with Gasteiger partial charge in [0, 0.05) is 0 Å². The van der Waals surface area contributed by atoms with E-state index in [1.807, 2.05) is 34.6 Å². The van der Waals surface area contributed by atoms with Gasteiger partial charge in [-0.05, 0) is 51.9 Å². The first-order valence-corrected chi connectivity index (χ1v) is 7.70. The monoisotopic (exact) mass is 284 g/mol. The van der Waals surface area contributed by atoms with E-state index in [2.05, 4.69) is 0 Å². The van der Waals surface area contributed by atoms with Crippen LogP contribution in [0.4, 0.5) is 0 Å². The fraction of sp³-hybridized carbons (Fsp3) is 0.875. The third-order valence-corrected chi connectivity index (χ3v) is 4.59. The molecule has 0 aromatic heterocycles. The molecular weight excluding hydrogens is 256 g/mol. The molecule has 4 heteroatoms. The van der Waals surface area contributed by atoms with Crippen molar-refractivity contribution < 1.29 is 19.1 Å². The minimum absolute atomic E-state index is 0.281. The Balaban J connectivity index is 2.49. The summed E-state index contributed by atoms with van der Waals surface area (Å²) < 4.78 is 10.7. The van der Waals surface area contributed by atoms with Crippen LogP contribution in [0, 0.1) is 11.3 Å². The molecule has 1 aliphatic rings. The molecule has 0 atom stereocenters. The largest absolute Gasteiger partial charge is 0.456 e. The van der Waals surface area contributed by atoms with Gasteiger partial charge in [0.25, 0.3) is 0 Å². The first-order chi connectivity index (χ1) is 9.31. The molecule has 1 aliphatic carbocycles. The van der Waals surface area contributed by atoms with Gasteiger partial charge < -0.3 is 9.47 Å². The molecule has 0 amide bonds. The molecule has 0 heterocycles. The molecule has 0 N–H and O–H groups in total. The summed E-state index contributed by atoms with van der Waals surface area (Å²) in [6.45, 7) is 9.35. The molecule has 1 fully saturated rings.